The van der Waals surface area contributed by atoms with Crippen molar-refractivity contribution in [3.8, 4) is 0 Å². The van der Waals surface area contributed by atoms with Gasteiger partial charge in [0.05, 0.1) is 5.56 Å². The molecule has 0 fully saturated rings. The van der Waals surface area contributed by atoms with E-state index >= 15 is 0 Å². The minimum absolute atomic E-state index is 0.200. The lowest BCUT2D eigenvalue weighted by atomic mass is 10.1. The molecule has 2 rings (SSSR count). The summed E-state index contributed by atoms with van der Waals surface area (Å²) < 4.78 is 0. The van der Waals surface area contributed by atoms with Crippen LogP contribution in [0, 0.1) is 13.8 Å². The molecule has 0 unspecified atom stereocenters. The molecule has 1 amide bonds. The zero-order valence-electron chi connectivity index (χ0n) is 13.3. The average molecular weight is 298 g/mol. The minimum atomic E-state index is -0.200. The molecule has 22 heavy (non-hydrogen) atoms. The van der Waals surface area contributed by atoms with Crippen LogP contribution in [0.5, 0.6) is 0 Å². The van der Waals surface area contributed by atoms with Crippen molar-refractivity contribution in [1.29, 1.82) is 0 Å². The van der Waals surface area contributed by atoms with Crippen molar-refractivity contribution in [2.24, 2.45) is 0 Å². The summed E-state index contributed by atoms with van der Waals surface area (Å²) in [5.74, 6) is 0.352. The molecule has 0 saturated heterocycles. The van der Waals surface area contributed by atoms with Crippen LogP contribution in [0.25, 0.3) is 0 Å². The Bertz CT molecular complexity index is 638. The fourth-order valence-electron chi connectivity index (χ4n) is 1.98. The van der Waals surface area contributed by atoms with Crippen LogP contribution < -0.4 is 10.6 Å². The Morgan fingerprint density at radius 2 is 1.91 bits per heavy atom. The first-order valence-electron chi connectivity index (χ1n) is 7.54. The van der Waals surface area contributed by atoms with Crippen LogP contribution in [0.1, 0.15) is 41.3 Å². The number of aromatic nitrogens is 2. The van der Waals surface area contributed by atoms with E-state index in [1.54, 1.807) is 12.4 Å². The van der Waals surface area contributed by atoms with Gasteiger partial charge in [0.2, 0.25) is 5.95 Å². The fraction of sp³-hybridized carbons (Fsp3) is 0.353. The number of aryl methyl sites for hydroxylation is 2. The Balaban J connectivity index is 2.02. The quantitative estimate of drug-likeness (QED) is 0.800. The SMILES string of the molecule is CCCCNc1ncc(C(=O)Nc2cc(C)ccc2C)cn1. The van der Waals surface area contributed by atoms with Gasteiger partial charge < -0.3 is 10.6 Å². The van der Waals surface area contributed by atoms with E-state index in [-0.39, 0.29) is 5.91 Å². The lowest BCUT2D eigenvalue weighted by Gasteiger charge is -2.09. The maximum absolute atomic E-state index is 12.2. The lowest BCUT2D eigenvalue weighted by molar-refractivity contribution is 0.102. The van der Waals surface area contributed by atoms with Crippen molar-refractivity contribution < 1.29 is 4.79 Å². The zero-order chi connectivity index (χ0) is 15.9. The summed E-state index contributed by atoms with van der Waals surface area (Å²) in [5, 5.41) is 6.02. The van der Waals surface area contributed by atoms with Gasteiger partial charge in [-0.2, -0.15) is 0 Å². The number of unbranched alkanes of at least 4 members (excludes halogenated alkanes) is 1. The highest BCUT2D eigenvalue weighted by Gasteiger charge is 2.09. The third-order valence-corrected chi connectivity index (χ3v) is 3.37. The maximum atomic E-state index is 12.2. The van der Waals surface area contributed by atoms with Gasteiger partial charge >= 0.3 is 0 Å². The van der Waals surface area contributed by atoms with Gasteiger partial charge in [-0.05, 0) is 37.5 Å². The van der Waals surface area contributed by atoms with E-state index in [9.17, 15) is 4.79 Å². The molecule has 0 spiro atoms. The molecule has 0 aliphatic heterocycles. The number of rotatable bonds is 6. The third kappa shape index (κ3) is 4.28. The topological polar surface area (TPSA) is 66.9 Å². The van der Waals surface area contributed by atoms with E-state index in [0.29, 0.717) is 11.5 Å². The first kappa shape index (κ1) is 15.9. The van der Waals surface area contributed by atoms with E-state index in [2.05, 4.69) is 27.5 Å². The number of nitrogens with zero attached hydrogens (tertiary/aromatic N) is 2. The molecule has 0 bridgehead atoms. The molecule has 2 N–H and O–H groups in total. The summed E-state index contributed by atoms with van der Waals surface area (Å²) in [4.78, 5) is 20.6. The first-order valence-corrected chi connectivity index (χ1v) is 7.54. The standard InChI is InChI=1S/C17H22N4O/c1-4-5-8-18-17-19-10-14(11-20-17)16(22)21-15-9-12(2)6-7-13(15)3/h6-7,9-11H,4-5,8H2,1-3H3,(H,21,22)(H,18,19,20). The Labute approximate surface area is 131 Å². The molecule has 0 aliphatic rings. The van der Waals surface area contributed by atoms with Crippen LogP contribution in [-0.2, 0) is 0 Å². The number of hydrogen-bond acceptors (Lipinski definition) is 4. The van der Waals surface area contributed by atoms with Gasteiger partial charge in [-0.3, -0.25) is 4.79 Å². The maximum Gasteiger partial charge on any atom is 0.258 e. The first-order chi connectivity index (χ1) is 10.6. The van der Waals surface area contributed by atoms with Gasteiger partial charge in [-0.1, -0.05) is 25.5 Å². The van der Waals surface area contributed by atoms with Gasteiger partial charge in [-0.25, -0.2) is 9.97 Å². The highest BCUT2D eigenvalue weighted by molar-refractivity contribution is 6.04. The van der Waals surface area contributed by atoms with E-state index in [0.717, 1.165) is 36.2 Å². The molecule has 5 nitrogen and oxygen atoms in total. The summed E-state index contributed by atoms with van der Waals surface area (Å²) in [6, 6.07) is 5.96. The second-order valence-electron chi connectivity index (χ2n) is 5.35. The highest BCUT2D eigenvalue weighted by Crippen LogP contribution is 2.17. The summed E-state index contributed by atoms with van der Waals surface area (Å²) in [7, 11) is 0. The molecule has 0 radical (unpaired) electrons. The predicted molar refractivity (Wildman–Crippen MR) is 89.3 cm³/mol. The third-order valence-electron chi connectivity index (χ3n) is 3.37. The van der Waals surface area contributed by atoms with Crippen LogP contribution in [0.3, 0.4) is 0 Å². The predicted octanol–water partition coefficient (Wildman–Crippen LogP) is 3.56. The van der Waals surface area contributed by atoms with Gasteiger partial charge in [0.1, 0.15) is 0 Å². The Morgan fingerprint density at radius 1 is 1.18 bits per heavy atom. The molecule has 1 heterocycles. The molecule has 0 atom stereocenters. The Morgan fingerprint density at radius 3 is 2.59 bits per heavy atom. The summed E-state index contributed by atoms with van der Waals surface area (Å²) in [5.41, 5.74) is 3.39. The minimum Gasteiger partial charge on any atom is -0.354 e. The van der Waals surface area contributed by atoms with Crippen LogP contribution in [0.15, 0.2) is 30.6 Å². The van der Waals surface area contributed by atoms with E-state index < -0.39 is 0 Å². The molecule has 2 aromatic rings. The highest BCUT2D eigenvalue weighted by atomic mass is 16.1. The van der Waals surface area contributed by atoms with Crippen LogP contribution in [-0.4, -0.2) is 22.4 Å². The van der Waals surface area contributed by atoms with E-state index in [1.807, 2.05) is 32.0 Å². The second-order valence-corrected chi connectivity index (χ2v) is 5.35. The van der Waals surface area contributed by atoms with Crippen LogP contribution in [0.4, 0.5) is 11.6 Å². The zero-order valence-corrected chi connectivity index (χ0v) is 13.3. The van der Waals surface area contributed by atoms with Gasteiger partial charge in [0.15, 0.2) is 0 Å². The van der Waals surface area contributed by atoms with Crippen LogP contribution >= 0.6 is 0 Å². The van der Waals surface area contributed by atoms with E-state index in [1.165, 1.54) is 0 Å². The summed E-state index contributed by atoms with van der Waals surface area (Å²) in [6.45, 7) is 6.93. The van der Waals surface area contributed by atoms with Crippen molar-refractivity contribution in [1.82, 2.24) is 9.97 Å². The van der Waals surface area contributed by atoms with Crippen molar-refractivity contribution in [3.63, 3.8) is 0 Å². The molecular formula is C17H22N4O. The monoisotopic (exact) mass is 298 g/mol. The number of hydrogen-bond donors (Lipinski definition) is 2. The number of anilines is 2. The van der Waals surface area contributed by atoms with Crippen molar-refractivity contribution in [2.45, 2.75) is 33.6 Å². The molecule has 1 aromatic heterocycles. The number of benzene rings is 1. The summed E-state index contributed by atoms with van der Waals surface area (Å²) in [6.07, 6.45) is 5.27. The number of amides is 1. The molecule has 0 aliphatic carbocycles. The van der Waals surface area contributed by atoms with E-state index in [4.69, 9.17) is 0 Å². The van der Waals surface area contributed by atoms with Crippen molar-refractivity contribution in [2.75, 3.05) is 17.2 Å². The lowest BCUT2D eigenvalue weighted by Crippen LogP contribution is -2.14. The molecule has 1 aromatic carbocycles. The molecule has 0 saturated carbocycles. The van der Waals surface area contributed by atoms with Crippen LogP contribution in [0.2, 0.25) is 0 Å². The number of carbonyl (C=O) groups excluding carboxylic acids is 1. The number of nitrogens with one attached hydrogen (secondary N) is 2. The van der Waals surface area contributed by atoms with Crippen molar-refractivity contribution >= 4 is 17.5 Å². The molecular weight excluding hydrogens is 276 g/mol. The average Bonchev–Trinajstić information content (AvgIpc) is 2.52. The second kappa shape index (κ2) is 7.54. The normalized spacial score (nSPS) is 10.3. The largest absolute Gasteiger partial charge is 0.354 e. The van der Waals surface area contributed by atoms with Crippen molar-refractivity contribution in [3.05, 3.63) is 47.3 Å². The smallest absolute Gasteiger partial charge is 0.258 e. The van der Waals surface area contributed by atoms with Gasteiger partial charge in [0, 0.05) is 24.6 Å². The Kier molecular flexibility index (Phi) is 5.47. The summed E-state index contributed by atoms with van der Waals surface area (Å²) >= 11 is 0. The molecule has 5 heteroatoms. The Hall–Kier alpha value is -2.43. The van der Waals surface area contributed by atoms with Gasteiger partial charge in [0.25, 0.3) is 5.91 Å². The number of carbonyl (C=O) groups is 1. The molecule has 116 valence electrons. The fourth-order valence-corrected chi connectivity index (χ4v) is 1.98. The van der Waals surface area contributed by atoms with Gasteiger partial charge in [-0.15, -0.1) is 0 Å².